The van der Waals surface area contributed by atoms with E-state index in [1.807, 2.05) is 35.2 Å². The predicted octanol–water partition coefficient (Wildman–Crippen LogP) is 1.99. The lowest BCUT2D eigenvalue weighted by molar-refractivity contribution is -0.135. The Labute approximate surface area is 126 Å². The maximum absolute atomic E-state index is 12.7. The summed E-state index contributed by atoms with van der Waals surface area (Å²) in [6.45, 7) is 3.64. The van der Waals surface area contributed by atoms with Crippen molar-refractivity contribution in [3.8, 4) is 6.07 Å². The van der Waals surface area contributed by atoms with Crippen LogP contribution in [0.5, 0.6) is 0 Å². The van der Waals surface area contributed by atoms with Gasteiger partial charge in [-0.1, -0.05) is 36.8 Å². The van der Waals surface area contributed by atoms with Gasteiger partial charge < -0.3 is 4.90 Å². The molecule has 2 aliphatic heterocycles. The third kappa shape index (κ3) is 2.93. The molecule has 1 amide bonds. The Morgan fingerprint density at radius 1 is 1.19 bits per heavy atom. The summed E-state index contributed by atoms with van der Waals surface area (Å²) >= 11 is 0. The van der Waals surface area contributed by atoms with E-state index in [9.17, 15) is 10.1 Å². The van der Waals surface area contributed by atoms with Crippen LogP contribution in [0.15, 0.2) is 30.3 Å². The Morgan fingerprint density at radius 3 is 2.76 bits per heavy atom. The van der Waals surface area contributed by atoms with Gasteiger partial charge in [0.1, 0.15) is 5.92 Å². The number of fused-ring (bicyclic) bond motifs is 1. The van der Waals surface area contributed by atoms with E-state index < -0.39 is 5.92 Å². The number of rotatable bonds is 2. The van der Waals surface area contributed by atoms with Crippen molar-refractivity contribution in [2.24, 2.45) is 0 Å². The molecule has 0 bridgehead atoms. The van der Waals surface area contributed by atoms with Crippen LogP contribution in [0.25, 0.3) is 0 Å². The van der Waals surface area contributed by atoms with Crippen molar-refractivity contribution in [1.82, 2.24) is 9.80 Å². The highest BCUT2D eigenvalue weighted by Crippen LogP contribution is 2.24. The molecule has 2 fully saturated rings. The molecule has 2 heterocycles. The lowest BCUT2D eigenvalue weighted by Crippen LogP contribution is -2.56. The molecule has 2 atom stereocenters. The van der Waals surface area contributed by atoms with Gasteiger partial charge in [-0.2, -0.15) is 5.26 Å². The van der Waals surface area contributed by atoms with E-state index in [0.717, 1.165) is 31.7 Å². The number of amides is 1. The van der Waals surface area contributed by atoms with E-state index in [1.165, 1.54) is 19.3 Å². The molecule has 2 saturated heterocycles. The highest BCUT2D eigenvalue weighted by atomic mass is 16.2. The van der Waals surface area contributed by atoms with Gasteiger partial charge in [0.15, 0.2) is 0 Å². The first kappa shape index (κ1) is 14.1. The molecular formula is C17H21N3O. The Morgan fingerprint density at radius 2 is 2.00 bits per heavy atom. The zero-order chi connectivity index (χ0) is 14.7. The summed E-state index contributed by atoms with van der Waals surface area (Å²) < 4.78 is 0. The van der Waals surface area contributed by atoms with Crippen molar-refractivity contribution in [3.05, 3.63) is 35.9 Å². The summed E-state index contributed by atoms with van der Waals surface area (Å²) in [6.07, 6.45) is 3.70. The summed E-state index contributed by atoms with van der Waals surface area (Å²) in [5.74, 6) is -0.699. The summed E-state index contributed by atoms with van der Waals surface area (Å²) in [5.41, 5.74) is 0.802. The summed E-state index contributed by atoms with van der Waals surface area (Å²) in [5, 5.41) is 9.41. The minimum Gasteiger partial charge on any atom is -0.338 e. The maximum atomic E-state index is 12.7. The lowest BCUT2D eigenvalue weighted by Gasteiger charge is -2.44. The van der Waals surface area contributed by atoms with E-state index in [1.54, 1.807) is 0 Å². The number of nitrogens with zero attached hydrogens (tertiary/aromatic N) is 3. The molecule has 0 radical (unpaired) electrons. The summed E-state index contributed by atoms with van der Waals surface area (Å²) in [6, 6.07) is 12.1. The van der Waals surface area contributed by atoms with Crippen molar-refractivity contribution in [3.63, 3.8) is 0 Å². The van der Waals surface area contributed by atoms with Crippen LogP contribution < -0.4 is 0 Å². The molecule has 0 spiro atoms. The van der Waals surface area contributed by atoms with Crippen LogP contribution >= 0.6 is 0 Å². The van der Waals surface area contributed by atoms with Crippen molar-refractivity contribution in [2.45, 2.75) is 31.2 Å². The fraction of sp³-hybridized carbons (Fsp3) is 0.529. The van der Waals surface area contributed by atoms with Gasteiger partial charge in [0.05, 0.1) is 6.07 Å². The number of hydrogen-bond acceptors (Lipinski definition) is 3. The lowest BCUT2D eigenvalue weighted by atomic mass is 9.96. The molecule has 21 heavy (non-hydrogen) atoms. The van der Waals surface area contributed by atoms with Crippen LogP contribution in [0.3, 0.4) is 0 Å². The zero-order valence-corrected chi connectivity index (χ0v) is 12.2. The number of piperidine rings is 1. The molecule has 0 aliphatic carbocycles. The van der Waals surface area contributed by atoms with Crippen LogP contribution in [-0.4, -0.2) is 47.9 Å². The van der Waals surface area contributed by atoms with Crippen molar-refractivity contribution in [2.75, 3.05) is 26.2 Å². The number of carbonyl (C=O) groups is 1. The molecular weight excluding hydrogens is 262 g/mol. The van der Waals surface area contributed by atoms with Crippen LogP contribution in [0.1, 0.15) is 30.7 Å². The standard InChI is InChI=1S/C17H21N3O/c18-12-16(14-6-2-1-3-7-14)17(21)20-11-10-19-9-5-4-8-15(19)13-20/h1-3,6-7,15-16H,4-5,8-11,13H2. The van der Waals surface area contributed by atoms with Gasteiger partial charge in [0.2, 0.25) is 5.91 Å². The van der Waals surface area contributed by atoms with Crippen LogP contribution in [-0.2, 0) is 4.79 Å². The van der Waals surface area contributed by atoms with E-state index >= 15 is 0 Å². The fourth-order valence-corrected chi connectivity index (χ4v) is 3.46. The Kier molecular flexibility index (Phi) is 4.21. The molecule has 0 aromatic heterocycles. The zero-order valence-electron chi connectivity index (χ0n) is 12.2. The van der Waals surface area contributed by atoms with Gasteiger partial charge in [-0.05, 0) is 24.9 Å². The molecule has 1 aromatic carbocycles. The molecule has 3 rings (SSSR count). The number of piperazine rings is 1. The smallest absolute Gasteiger partial charge is 0.244 e. The second-order valence-electron chi connectivity index (χ2n) is 5.94. The molecule has 0 saturated carbocycles. The molecule has 0 N–H and O–H groups in total. The normalized spacial score (nSPS) is 24.0. The molecule has 1 aromatic rings. The molecule has 2 aliphatic rings. The topological polar surface area (TPSA) is 47.3 Å². The molecule has 4 nitrogen and oxygen atoms in total. The van der Waals surface area contributed by atoms with Gasteiger partial charge in [0, 0.05) is 25.7 Å². The largest absolute Gasteiger partial charge is 0.338 e. The molecule has 110 valence electrons. The first-order valence-electron chi connectivity index (χ1n) is 7.77. The van der Waals surface area contributed by atoms with E-state index in [-0.39, 0.29) is 5.91 Å². The number of benzene rings is 1. The Hall–Kier alpha value is -1.86. The number of carbonyl (C=O) groups excluding carboxylic acids is 1. The van der Waals surface area contributed by atoms with Gasteiger partial charge in [-0.15, -0.1) is 0 Å². The van der Waals surface area contributed by atoms with Crippen LogP contribution in [0.2, 0.25) is 0 Å². The monoisotopic (exact) mass is 283 g/mol. The quantitative estimate of drug-likeness (QED) is 0.834. The van der Waals surface area contributed by atoms with Crippen LogP contribution in [0.4, 0.5) is 0 Å². The average Bonchev–Trinajstić information content (AvgIpc) is 2.56. The van der Waals surface area contributed by atoms with E-state index in [0.29, 0.717) is 6.04 Å². The highest BCUT2D eigenvalue weighted by molar-refractivity contribution is 5.86. The second kappa shape index (κ2) is 6.28. The minimum atomic E-state index is -0.665. The van der Waals surface area contributed by atoms with Crippen molar-refractivity contribution < 1.29 is 4.79 Å². The predicted molar refractivity (Wildman–Crippen MR) is 80.6 cm³/mol. The van der Waals surface area contributed by atoms with E-state index in [2.05, 4.69) is 11.0 Å². The van der Waals surface area contributed by atoms with Crippen LogP contribution in [0, 0.1) is 11.3 Å². The summed E-state index contributed by atoms with van der Waals surface area (Å²) in [7, 11) is 0. The first-order valence-corrected chi connectivity index (χ1v) is 7.77. The SMILES string of the molecule is N#CC(C(=O)N1CCN2CCCCC2C1)c1ccccc1. The van der Waals surface area contributed by atoms with Gasteiger partial charge >= 0.3 is 0 Å². The van der Waals surface area contributed by atoms with E-state index in [4.69, 9.17) is 0 Å². The first-order chi connectivity index (χ1) is 10.3. The fourth-order valence-electron chi connectivity index (χ4n) is 3.46. The second-order valence-corrected chi connectivity index (χ2v) is 5.94. The Balaban J connectivity index is 1.71. The summed E-state index contributed by atoms with van der Waals surface area (Å²) in [4.78, 5) is 17.1. The molecule has 2 unspecified atom stereocenters. The average molecular weight is 283 g/mol. The van der Waals surface area contributed by atoms with Gasteiger partial charge in [-0.25, -0.2) is 0 Å². The van der Waals surface area contributed by atoms with Crippen molar-refractivity contribution >= 4 is 5.91 Å². The number of nitriles is 1. The third-order valence-electron chi connectivity index (χ3n) is 4.66. The minimum absolute atomic E-state index is 0.0334. The Bertz CT molecular complexity index is 537. The number of hydrogen-bond donors (Lipinski definition) is 0. The maximum Gasteiger partial charge on any atom is 0.244 e. The van der Waals surface area contributed by atoms with Gasteiger partial charge in [0.25, 0.3) is 0 Å². The third-order valence-corrected chi connectivity index (χ3v) is 4.66. The highest BCUT2D eigenvalue weighted by Gasteiger charge is 2.34. The molecule has 4 heteroatoms. The van der Waals surface area contributed by atoms with Crippen molar-refractivity contribution in [1.29, 1.82) is 5.26 Å². The van der Waals surface area contributed by atoms with Gasteiger partial charge in [-0.3, -0.25) is 9.69 Å².